The lowest BCUT2D eigenvalue weighted by Gasteiger charge is -2.50. The van der Waals surface area contributed by atoms with Crippen LogP contribution in [-0.2, 0) is 0 Å². The van der Waals surface area contributed by atoms with Crippen molar-refractivity contribution >= 4 is 0 Å². The molecule has 24 heavy (non-hydrogen) atoms. The van der Waals surface area contributed by atoms with Gasteiger partial charge in [0.2, 0.25) is 0 Å². The molecular formula is C24H32. The average Bonchev–Trinajstić information content (AvgIpc) is 3.44. The molecule has 0 spiro atoms. The summed E-state index contributed by atoms with van der Waals surface area (Å²) < 4.78 is 0. The van der Waals surface area contributed by atoms with Crippen LogP contribution >= 0.6 is 0 Å². The van der Waals surface area contributed by atoms with E-state index in [1.807, 2.05) is 0 Å². The first-order chi connectivity index (χ1) is 11.8. The highest BCUT2D eigenvalue weighted by Crippen LogP contribution is 2.81. The van der Waals surface area contributed by atoms with Crippen LogP contribution in [0.15, 0.2) is 12.2 Å². The summed E-state index contributed by atoms with van der Waals surface area (Å²) in [5.74, 6) is 17.5. The zero-order valence-corrected chi connectivity index (χ0v) is 15.1. The monoisotopic (exact) mass is 320 g/mol. The molecule has 8 aliphatic carbocycles. The van der Waals surface area contributed by atoms with Gasteiger partial charge in [-0.2, -0.15) is 0 Å². The molecule has 8 aliphatic rings. The van der Waals surface area contributed by atoms with Crippen molar-refractivity contribution in [1.82, 2.24) is 0 Å². The third kappa shape index (κ3) is 1.14. The molecule has 7 saturated carbocycles. The quantitative estimate of drug-likeness (QED) is 0.457. The van der Waals surface area contributed by atoms with Crippen molar-refractivity contribution in [2.24, 2.45) is 88.8 Å². The topological polar surface area (TPSA) is 0 Å². The van der Waals surface area contributed by atoms with Gasteiger partial charge in [-0.1, -0.05) is 25.5 Å². The van der Waals surface area contributed by atoms with Gasteiger partial charge in [-0.05, 0) is 121 Å². The maximum atomic E-state index is 2.65. The molecule has 0 aromatic rings. The van der Waals surface area contributed by atoms with Crippen LogP contribution in [0, 0.1) is 88.8 Å². The fourth-order valence-electron chi connectivity index (χ4n) is 12.1. The summed E-state index contributed by atoms with van der Waals surface area (Å²) in [4.78, 5) is 0. The smallest absolute Gasteiger partial charge is 0.0194 e. The molecule has 7 fully saturated rings. The van der Waals surface area contributed by atoms with Crippen LogP contribution in [0.4, 0.5) is 0 Å². The van der Waals surface area contributed by atoms with Crippen molar-refractivity contribution in [3.05, 3.63) is 12.2 Å². The number of rotatable bonds is 1. The lowest BCUT2D eigenvalue weighted by atomic mass is 9.54. The predicted molar refractivity (Wildman–Crippen MR) is 94.9 cm³/mol. The van der Waals surface area contributed by atoms with E-state index in [1.165, 1.54) is 65.6 Å². The van der Waals surface area contributed by atoms with Crippen LogP contribution in [0.5, 0.6) is 0 Å². The first-order valence-corrected chi connectivity index (χ1v) is 11.5. The van der Waals surface area contributed by atoms with Crippen molar-refractivity contribution < 1.29 is 0 Å². The third-order valence-corrected chi connectivity index (χ3v) is 11.9. The fraction of sp³-hybridized carbons (Fsp3) is 0.917. The van der Waals surface area contributed by atoms with Crippen molar-refractivity contribution in [3.63, 3.8) is 0 Å². The van der Waals surface area contributed by atoms with Gasteiger partial charge in [0.05, 0.1) is 0 Å². The Morgan fingerprint density at radius 3 is 1.83 bits per heavy atom. The van der Waals surface area contributed by atoms with Crippen LogP contribution in [0.3, 0.4) is 0 Å². The van der Waals surface area contributed by atoms with E-state index in [0.717, 1.165) is 29.6 Å². The Morgan fingerprint density at radius 1 is 0.583 bits per heavy atom. The van der Waals surface area contributed by atoms with E-state index in [4.69, 9.17) is 0 Å². The van der Waals surface area contributed by atoms with Crippen LogP contribution in [0.2, 0.25) is 0 Å². The predicted octanol–water partition coefficient (Wildman–Crippen LogP) is 5.25. The number of fused-ring (bicyclic) bond motifs is 23. The number of hydrogen-bond donors (Lipinski definition) is 0. The van der Waals surface area contributed by atoms with Gasteiger partial charge in [0.1, 0.15) is 0 Å². The normalized spacial score (nSPS) is 74.5. The minimum atomic E-state index is 1.02. The van der Waals surface area contributed by atoms with Crippen molar-refractivity contribution in [2.45, 2.75) is 45.4 Å². The van der Waals surface area contributed by atoms with Gasteiger partial charge in [-0.25, -0.2) is 0 Å². The number of allylic oxidation sites excluding steroid dienone is 2. The molecule has 8 bridgehead atoms. The van der Waals surface area contributed by atoms with Crippen LogP contribution in [0.1, 0.15) is 45.4 Å². The van der Waals surface area contributed by atoms with Gasteiger partial charge in [0.15, 0.2) is 0 Å². The SMILES string of the molecule is CCC1CC2CC1C1C3CC(C21)C1C2CC(C4C5C=CC(C5)C24)C31. The van der Waals surface area contributed by atoms with Crippen LogP contribution < -0.4 is 0 Å². The summed E-state index contributed by atoms with van der Waals surface area (Å²) in [6.45, 7) is 2.49. The largest absolute Gasteiger partial charge is 0.0848 e. The highest BCUT2D eigenvalue weighted by atomic mass is 14.8. The Hall–Kier alpha value is -0.260. The Morgan fingerprint density at radius 2 is 1.17 bits per heavy atom. The summed E-state index contributed by atoms with van der Waals surface area (Å²) >= 11 is 0. The second-order valence-corrected chi connectivity index (χ2v) is 11.6. The fourth-order valence-corrected chi connectivity index (χ4v) is 12.1. The highest BCUT2D eigenvalue weighted by Gasteiger charge is 2.75. The molecule has 0 amide bonds. The lowest BCUT2D eigenvalue weighted by Crippen LogP contribution is -2.46. The molecular weight excluding hydrogens is 288 g/mol. The first kappa shape index (κ1) is 13.0. The maximum absolute atomic E-state index is 2.65. The molecule has 0 aromatic heterocycles. The van der Waals surface area contributed by atoms with Gasteiger partial charge in [0, 0.05) is 0 Å². The second kappa shape index (κ2) is 3.86. The van der Waals surface area contributed by atoms with E-state index in [9.17, 15) is 0 Å². The zero-order valence-electron chi connectivity index (χ0n) is 15.1. The first-order valence-electron chi connectivity index (χ1n) is 11.5. The molecule has 0 saturated heterocycles. The second-order valence-electron chi connectivity index (χ2n) is 11.6. The van der Waals surface area contributed by atoms with Gasteiger partial charge in [0.25, 0.3) is 0 Å². The Bertz CT molecular complexity index is 646. The van der Waals surface area contributed by atoms with Crippen LogP contribution in [-0.4, -0.2) is 0 Å². The van der Waals surface area contributed by atoms with Crippen molar-refractivity contribution in [2.75, 3.05) is 0 Å². The Labute approximate surface area is 146 Å². The molecule has 0 radical (unpaired) electrons. The van der Waals surface area contributed by atoms with E-state index in [2.05, 4.69) is 19.1 Å². The molecule has 0 N–H and O–H groups in total. The summed E-state index contributed by atoms with van der Waals surface area (Å²) in [7, 11) is 0. The maximum Gasteiger partial charge on any atom is -0.0194 e. The molecule has 0 heterocycles. The third-order valence-electron chi connectivity index (χ3n) is 11.9. The molecule has 0 nitrogen and oxygen atoms in total. The summed E-state index contributed by atoms with van der Waals surface area (Å²) in [5, 5.41) is 0. The summed E-state index contributed by atoms with van der Waals surface area (Å²) in [6, 6.07) is 0. The van der Waals surface area contributed by atoms with Gasteiger partial charge >= 0.3 is 0 Å². The molecule has 128 valence electrons. The number of hydrogen-bond acceptors (Lipinski definition) is 0. The molecule has 0 aromatic carbocycles. The van der Waals surface area contributed by atoms with E-state index >= 15 is 0 Å². The van der Waals surface area contributed by atoms with E-state index in [0.29, 0.717) is 0 Å². The van der Waals surface area contributed by atoms with E-state index in [1.54, 1.807) is 32.1 Å². The van der Waals surface area contributed by atoms with Crippen molar-refractivity contribution in [3.8, 4) is 0 Å². The highest BCUT2D eigenvalue weighted by molar-refractivity contribution is 5.27. The van der Waals surface area contributed by atoms with Gasteiger partial charge in [-0.15, -0.1) is 0 Å². The van der Waals surface area contributed by atoms with E-state index in [-0.39, 0.29) is 0 Å². The molecule has 0 aliphatic heterocycles. The summed E-state index contributed by atoms with van der Waals surface area (Å²) in [6.07, 6.45) is 15.0. The van der Waals surface area contributed by atoms with Gasteiger partial charge < -0.3 is 0 Å². The molecule has 8 rings (SSSR count). The molecule has 15 unspecified atom stereocenters. The average molecular weight is 321 g/mol. The zero-order chi connectivity index (χ0) is 15.3. The summed E-state index contributed by atoms with van der Waals surface area (Å²) in [5.41, 5.74) is 0. The minimum Gasteiger partial charge on any atom is -0.0848 e. The standard InChI is InChI=1S/C24H32/c1-2-10-5-13-7-14(10)22-18-9-17(21(13)22)23-15-8-16(24(18)23)20-12-4-3-11(6-12)19(15)20/h3-4,10-24H,2,5-9H2,1H3. The Kier molecular flexibility index (Phi) is 2.09. The van der Waals surface area contributed by atoms with Crippen LogP contribution in [0.25, 0.3) is 0 Å². The lowest BCUT2D eigenvalue weighted by molar-refractivity contribution is -0.0276. The molecule has 15 atom stereocenters. The van der Waals surface area contributed by atoms with Crippen molar-refractivity contribution in [1.29, 1.82) is 0 Å². The Balaban J connectivity index is 1.21. The molecule has 0 heteroatoms. The minimum absolute atomic E-state index is 1.02. The van der Waals surface area contributed by atoms with E-state index < -0.39 is 0 Å². The van der Waals surface area contributed by atoms with Gasteiger partial charge in [-0.3, -0.25) is 0 Å².